The number of sulfonamides is 1. The van der Waals surface area contributed by atoms with Gasteiger partial charge in [-0.1, -0.05) is 0 Å². The topological polar surface area (TPSA) is 57.6 Å². The highest BCUT2D eigenvalue weighted by Crippen LogP contribution is 2.16. The largest absolute Gasteiger partial charge is 0.394 e. The molecular weight excluding hydrogens is 238 g/mol. The number of nitrogens with zero attached hydrogens (tertiary/aromatic N) is 1. The van der Waals surface area contributed by atoms with Gasteiger partial charge in [-0.2, -0.15) is 4.31 Å². The quantitative estimate of drug-likeness (QED) is 0.548. The Bertz CT molecular complexity index is 277. The Labute approximate surface area is 97.3 Å². The monoisotopic (exact) mass is 257 g/mol. The second-order valence-electron chi connectivity index (χ2n) is 4.15. The van der Waals surface area contributed by atoms with E-state index in [1.54, 1.807) is 13.8 Å². The molecule has 0 rings (SSSR count). The molecule has 0 atom stereocenters. The minimum absolute atomic E-state index is 0.0830. The van der Waals surface area contributed by atoms with E-state index >= 15 is 0 Å². The molecule has 0 saturated carbocycles. The van der Waals surface area contributed by atoms with Gasteiger partial charge in [-0.05, 0) is 26.7 Å². The smallest absolute Gasteiger partial charge is 0.214 e. The summed E-state index contributed by atoms with van der Waals surface area (Å²) < 4.78 is 24.8. The zero-order chi connectivity index (χ0) is 12.1. The zero-order valence-electron chi connectivity index (χ0n) is 9.53. The summed E-state index contributed by atoms with van der Waals surface area (Å²) in [6.07, 6.45) is 1.24. The van der Waals surface area contributed by atoms with Crippen LogP contribution in [0.25, 0.3) is 0 Å². The molecule has 15 heavy (non-hydrogen) atoms. The number of hydrogen-bond acceptors (Lipinski definition) is 3. The summed E-state index contributed by atoms with van der Waals surface area (Å²) in [6.45, 7) is 3.18. The van der Waals surface area contributed by atoms with Crippen molar-refractivity contribution in [2.45, 2.75) is 32.2 Å². The lowest BCUT2D eigenvalue weighted by Crippen LogP contribution is -2.48. The van der Waals surface area contributed by atoms with Gasteiger partial charge in [-0.15, -0.1) is 11.6 Å². The third-order valence-electron chi connectivity index (χ3n) is 2.44. The van der Waals surface area contributed by atoms with Crippen LogP contribution in [-0.2, 0) is 10.0 Å². The second kappa shape index (κ2) is 6.03. The van der Waals surface area contributed by atoms with Crippen molar-refractivity contribution >= 4 is 21.6 Å². The number of aliphatic hydroxyl groups excluding tert-OH is 1. The fourth-order valence-corrected chi connectivity index (χ4v) is 2.83. The lowest BCUT2D eigenvalue weighted by Gasteiger charge is -2.32. The maximum absolute atomic E-state index is 11.8. The first-order valence-corrected chi connectivity index (χ1v) is 7.06. The molecule has 4 nitrogen and oxygen atoms in total. The van der Waals surface area contributed by atoms with Crippen molar-refractivity contribution in [3.8, 4) is 0 Å². The van der Waals surface area contributed by atoms with Crippen molar-refractivity contribution in [1.82, 2.24) is 4.31 Å². The van der Waals surface area contributed by atoms with Crippen molar-refractivity contribution < 1.29 is 13.5 Å². The van der Waals surface area contributed by atoms with Gasteiger partial charge in [0.15, 0.2) is 0 Å². The van der Waals surface area contributed by atoms with Gasteiger partial charge in [0.2, 0.25) is 10.0 Å². The van der Waals surface area contributed by atoms with Gasteiger partial charge < -0.3 is 5.11 Å². The predicted molar refractivity (Wildman–Crippen MR) is 62.7 cm³/mol. The summed E-state index contributed by atoms with van der Waals surface area (Å²) in [7, 11) is -1.80. The van der Waals surface area contributed by atoms with E-state index in [-0.39, 0.29) is 12.4 Å². The van der Waals surface area contributed by atoms with Gasteiger partial charge in [0.25, 0.3) is 0 Å². The fourth-order valence-electron chi connectivity index (χ4n) is 0.992. The molecule has 0 radical (unpaired) electrons. The molecule has 0 aromatic rings. The standard InChI is InChI=1S/C9H20ClNO3S/c1-9(2,8-12)11(3)15(13,14)7-5-4-6-10/h12H,4-8H2,1-3H3. The number of aliphatic hydroxyl groups is 1. The van der Waals surface area contributed by atoms with Gasteiger partial charge in [-0.3, -0.25) is 0 Å². The predicted octanol–water partition coefficient (Wildman–Crippen LogP) is 1.04. The van der Waals surface area contributed by atoms with Gasteiger partial charge in [-0.25, -0.2) is 8.42 Å². The van der Waals surface area contributed by atoms with Crippen LogP contribution in [0.2, 0.25) is 0 Å². The number of halogens is 1. The number of unbranched alkanes of at least 4 members (excludes halogenated alkanes) is 1. The molecule has 1 N–H and O–H groups in total. The van der Waals surface area contributed by atoms with Crippen LogP contribution in [0.5, 0.6) is 0 Å². The highest BCUT2D eigenvalue weighted by Gasteiger charge is 2.31. The molecule has 92 valence electrons. The maximum atomic E-state index is 11.8. The maximum Gasteiger partial charge on any atom is 0.214 e. The van der Waals surface area contributed by atoms with E-state index in [9.17, 15) is 8.42 Å². The molecule has 0 bridgehead atoms. The Morgan fingerprint density at radius 3 is 2.27 bits per heavy atom. The van der Waals surface area contributed by atoms with Crippen LogP contribution >= 0.6 is 11.6 Å². The summed E-state index contributed by atoms with van der Waals surface area (Å²) in [6, 6.07) is 0. The number of rotatable bonds is 7. The Morgan fingerprint density at radius 1 is 1.33 bits per heavy atom. The molecule has 0 aromatic heterocycles. The summed E-state index contributed by atoms with van der Waals surface area (Å²) in [5.41, 5.74) is -0.750. The van der Waals surface area contributed by atoms with E-state index in [1.165, 1.54) is 11.4 Å². The van der Waals surface area contributed by atoms with Crippen molar-refractivity contribution in [3.63, 3.8) is 0 Å². The van der Waals surface area contributed by atoms with Crippen LogP contribution in [0.4, 0.5) is 0 Å². The van der Waals surface area contributed by atoms with Crippen LogP contribution in [-0.4, -0.2) is 48.7 Å². The average molecular weight is 258 g/mol. The second-order valence-corrected chi connectivity index (χ2v) is 6.65. The highest BCUT2D eigenvalue weighted by atomic mass is 35.5. The van der Waals surface area contributed by atoms with E-state index in [0.29, 0.717) is 18.7 Å². The summed E-state index contributed by atoms with van der Waals surface area (Å²) in [5, 5.41) is 9.07. The molecule has 0 aliphatic carbocycles. The zero-order valence-corrected chi connectivity index (χ0v) is 11.1. The van der Waals surface area contributed by atoms with E-state index in [2.05, 4.69) is 0 Å². The fraction of sp³-hybridized carbons (Fsp3) is 1.00. The molecule has 0 unspecified atom stereocenters. The molecule has 0 aromatic carbocycles. The van der Waals surface area contributed by atoms with Gasteiger partial charge in [0, 0.05) is 12.9 Å². The molecule has 0 aliphatic rings. The van der Waals surface area contributed by atoms with Gasteiger partial charge >= 0.3 is 0 Å². The molecule has 0 fully saturated rings. The summed E-state index contributed by atoms with van der Waals surface area (Å²) >= 11 is 5.48. The molecule has 0 heterocycles. The normalized spacial score (nSPS) is 13.5. The molecule has 6 heteroatoms. The van der Waals surface area contributed by atoms with E-state index < -0.39 is 15.6 Å². The van der Waals surface area contributed by atoms with Crippen LogP contribution in [0.15, 0.2) is 0 Å². The minimum atomic E-state index is -3.29. The van der Waals surface area contributed by atoms with Crippen molar-refractivity contribution in [1.29, 1.82) is 0 Å². The first-order chi connectivity index (χ1) is 6.78. The molecule has 0 amide bonds. The lowest BCUT2D eigenvalue weighted by atomic mass is 10.1. The molecule has 0 spiro atoms. The number of hydrogen-bond donors (Lipinski definition) is 1. The summed E-state index contributed by atoms with van der Waals surface area (Å²) in [5.74, 6) is 0.558. The average Bonchev–Trinajstić information content (AvgIpc) is 2.17. The molecule has 0 saturated heterocycles. The van der Waals surface area contributed by atoms with E-state index in [1.807, 2.05) is 0 Å². The summed E-state index contributed by atoms with van der Waals surface area (Å²) in [4.78, 5) is 0. The lowest BCUT2D eigenvalue weighted by molar-refractivity contribution is 0.138. The van der Waals surface area contributed by atoms with Crippen molar-refractivity contribution in [2.75, 3.05) is 25.3 Å². The third kappa shape index (κ3) is 4.68. The van der Waals surface area contributed by atoms with Crippen LogP contribution < -0.4 is 0 Å². The SMILES string of the molecule is CN(C(C)(C)CO)S(=O)(=O)CCCCCl. The molecule has 0 aliphatic heterocycles. The van der Waals surface area contributed by atoms with Crippen molar-refractivity contribution in [2.24, 2.45) is 0 Å². The third-order valence-corrected chi connectivity index (χ3v) is 4.84. The van der Waals surface area contributed by atoms with Crippen LogP contribution in [0.3, 0.4) is 0 Å². The number of alkyl halides is 1. The number of likely N-dealkylation sites (N-methyl/N-ethyl adjacent to an activating group) is 1. The Hall–Kier alpha value is 0.160. The van der Waals surface area contributed by atoms with Crippen LogP contribution in [0.1, 0.15) is 26.7 Å². The van der Waals surface area contributed by atoms with Gasteiger partial charge in [0.05, 0.1) is 17.9 Å². The molecular formula is C9H20ClNO3S. The first kappa shape index (κ1) is 15.2. The van der Waals surface area contributed by atoms with Crippen LogP contribution in [0, 0.1) is 0 Å². The van der Waals surface area contributed by atoms with E-state index in [4.69, 9.17) is 16.7 Å². The van der Waals surface area contributed by atoms with E-state index in [0.717, 1.165) is 0 Å². The Balaban J connectivity index is 4.46. The first-order valence-electron chi connectivity index (χ1n) is 4.91. The van der Waals surface area contributed by atoms with Crippen molar-refractivity contribution in [3.05, 3.63) is 0 Å². The Morgan fingerprint density at radius 2 is 1.87 bits per heavy atom. The Kier molecular flexibility index (Phi) is 6.10. The highest BCUT2D eigenvalue weighted by molar-refractivity contribution is 7.89. The van der Waals surface area contributed by atoms with Gasteiger partial charge in [0.1, 0.15) is 0 Å². The minimum Gasteiger partial charge on any atom is -0.394 e.